The average molecular weight is 523 g/mol. The van der Waals surface area contributed by atoms with Crippen LogP contribution in [0.2, 0.25) is 0 Å². The number of ether oxygens (including phenoxy) is 1. The number of imidazole rings is 1. The second-order valence-corrected chi connectivity index (χ2v) is 10.2. The maximum Gasteiger partial charge on any atom is 0.410 e. The first-order chi connectivity index (χ1) is 17.9. The molecule has 2 amide bonds. The van der Waals surface area contributed by atoms with Crippen LogP contribution in [0.1, 0.15) is 79.7 Å². The molecule has 3 aromatic rings. The Hall–Kier alpha value is -4.28. The molecule has 0 spiro atoms. The molecule has 1 atom stereocenters. The summed E-state index contributed by atoms with van der Waals surface area (Å²) in [5.41, 5.74) is 0.756. The average Bonchev–Trinajstić information content (AvgIpc) is 3.20. The van der Waals surface area contributed by atoms with Crippen molar-refractivity contribution in [3.63, 3.8) is 0 Å². The lowest BCUT2D eigenvalue weighted by Gasteiger charge is -2.36. The molecule has 2 aromatic heterocycles. The van der Waals surface area contributed by atoms with Gasteiger partial charge < -0.3 is 15.9 Å². The second kappa shape index (κ2) is 10.6. The number of likely N-dealkylation sites (tertiary alicyclic amines) is 1. The molecule has 1 fully saturated rings. The highest BCUT2D eigenvalue weighted by Gasteiger charge is 2.36. The third kappa shape index (κ3) is 5.82. The number of pyridine rings is 1. The minimum Gasteiger partial charge on any atom is -0.444 e. The van der Waals surface area contributed by atoms with Crippen LogP contribution in [-0.2, 0) is 4.74 Å². The molecule has 0 radical (unpaired) electrons. The smallest absolute Gasteiger partial charge is 0.410 e. The summed E-state index contributed by atoms with van der Waals surface area (Å²) in [4.78, 5) is 48.4. The van der Waals surface area contributed by atoms with Gasteiger partial charge in [-0.2, -0.15) is 0 Å². The lowest BCUT2D eigenvalue weighted by molar-refractivity contribution is 0.00821. The number of ketones is 1. The molecule has 1 aromatic carbocycles. The van der Waals surface area contributed by atoms with E-state index in [0.717, 1.165) is 18.9 Å². The summed E-state index contributed by atoms with van der Waals surface area (Å²) in [6.07, 6.45) is 3.11. The van der Waals surface area contributed by atoms with E-state index in [2.05, 4.69) is 10.3 Å². The summed E-state index contributed by atoms with van der Waals surface area (Å²) in [5, 5.41) is 2.54. The number of nitrogens with two attached hydrogens (primary N) is 1. The van der Waals surface area contributed by atoms with E-state index in [-0.39, 0.29) is 17.3 Å². The van der Waals surface area contributed by atoms with Gasteiger partial charge >= 0.3 is 6.09 Å². The molecule has 3 heterocycles. The minimum atomic E-state index is -0.661. The highest BCUT2D eigenvalue weighted by Crippen LogP contribution is 2.34. The number of rotatable bonds is 5. The fourth-order valence-corrected chi connectivity index (χ4v) is 4.40. The number of aromatic nitrogens is 3. The summed E-state index contributed by atoms with van der Waals surface area (Å²) in [5.74, 6) is 5.59. The van der Waals surface area contributed by atoms with Gasteiger partial charge in [0, 0.05) is 36.9 Å². The van der Waals surface area contributed by atoms with Crippen LogP contribution < -0.4 is 11.2 Å². The third-order valence-corrected chi connectivity index (χ3v) is 6.08. The number of carbonyl (C=O) groups is 3. The highest BCUT2D eigenvalue weighted by atomic mass is 19.1. The van der Waals surface area contributed by atoms with Gasteiger partial charge in [0.2, 0.25) is 0 Å². The number of hydrogen-bond donors (Lipinski definition) is 2. The fraction of sp³-hybridized carbons (Fsp3) is 0.370. The van der Waals surface area contributed by atoms with Gasteiger partial charge in [0.25, 0.3) is 5.91 Å². The summed E-state index contributed by atoms with van der Waals surface area (Å²) in [6.45, 7) is 7.30. The monoisotopic (exact) mass is 522 g/mol. The van der Waals surface area contributed by atoms with Crippen molar-refractivity contribution < 1.29 is 23.5 Å². The molecule has 1 saturated heterocycles. The van der Waals surface area contributed by atoms with E-state index in [1.807, 2.05) is 0 Å². The fourth-order valence-electron chi connectivity index (χ4n) is 4.40. The predicted molar refractivity (Wildman–Crippen MR) is 139 cm³/mol. The maximum atomic E-state index is 13.4. The Morgan fingerprint density at radius 3 is 2.47 bits per heavy atom. The van der Waals surface area contributed by atoms with Crippen LogP contribution in [0.4, 0.5) is 15.0 Å². The molecule has 0 aliphatic carbocycles. The summed E-state index contributed by atoms with van der Waals surface area (Å²) < 4.78 is 20.3. The van der Waals surface area contributed by atoms with E-state index in [9.17, 15) is 18.8 Å². The van der Waals surface area contributed by atoms with Gasteiger partial charge in [-0.15, -0.1) is 0 Å². The number of nitrogens with one attached hydrogen (secondary N) is 1. The van der Waals surface area contributed by atoms with Crippen molar-refractivity contribution in [2.24, 2.45) is 0 Å². The van der Waals surface area contributed by atoms with Gasteiger partial charge in [-0.1, -0.05) is 12.1 Å². The molecule has 0 bridgehead atoms. The zero-order valence-electron chi connectivity index (χ0n) is 21.8. The summed E-state index contributed by atoms with van der Waals surface area (Å²) >= 11 is 0. The van der Waals surface area contributed by atoms with E-state index >= 15 is 0 Å². The van der Waals surface area contributed by atoms with Gasteiger partial charge in [0.15, 0.2) is 11.6 Å². The SMILES string of the molecule is CC(=O)c1c(-c2ccc(C(=O)Nc3cc(F)ccn3)cc2)nc([C@@H]2CCCCN2C(=O)OC(C)(C)C)n1N. The minimum absolute atomic E-state index is 0.0893. The zero-order chi connectivity index (χ0) is 27.6. The van der Waals surface area contributed by atoms with Crippen LogP contribution in [0.15, 0.2) is 42.6 Å². The van der Waals surface area contributed by atoms with E-state index in [4.69, 9.17) is 15.6 Å². The number of Topliss-reactive ketones (excluding diaryl/α,β-unsaturated/α-hetero) is 1. The van der Waals surface area contributed by atoms with E-state index < -0.39 is 29.5 Å². The van der Waals surface area contributed by atoms with Gasteiger partial charge in [-0.25, -0.2) is 23.8 Å². The van der Waals surface area contributed by atoms with Crippen LogP contribution >= 0.6 is 0 Å². The molecule has 0 saturated carbocycles. The Kier molecular flexibility index (Phi) is 7.47. The number of amides is 2. The van der Waals surface area contributed by atoms with Crippen LogP contribution in [0, 0.1) is 5.82 Å². The largest absolute Gasteiger partial charge is 0.444 e. The number of nitrogens with zero attached hydrogens (tertiary/aromatic N) is 4. The number of piperidine rings is 1. The first kappa shape index (κ1) is 26.8. The number of hydrogen-bond acceptors (Lipinski definition) is 7. The number of nitrogen functional groups attached to an aromatic ring is 1. The zero-order valence-corrected chi connectivity index (χ0v) is 21.8. The lowest BCUT2D eigenvalue weighted by atomic mass is 10.0. The Bertz CT molecular complexity index is 1360. The molecule has 4 rings (SSSR count). The molecule has 11 heteroatoms. The molecular weight excluding hydrogens is 491 g/mol. The van der Waals surface area contributed by atoms with Crippen molar-refractivity contribution in [3.05, 3.63) is 65.5 Å². The van der Waals surface area contributed by atoms with E-state index in [1.54, 1.807) is 49.9 Å². The van der Waals surface area contributed by atoms with Crippen LogP contribution in [0.25, 0.3) is 11.3 Å². The first-order valence-electron chi connectivity index (χ1n) is 12.4. The number of anilines is 1. The highest BCUT2D eigenvalue weighted by molar-refractivity contribution is 6.04. The molecule has 200 valence electrons. The normalized spacial score (nSPS) is 15.7. The Morgan fingerprint density at radius 2 is 1.84 bits per heavy atom. The molecule has 3 N–H and O–H groups in total. The standard InChI is InChI=1S/C27H31FN6O4/c1-16(35)23-22(17-8-10-18(11-9-17)25(36)31-21-15-19(28)12-13-30-21)32-24(34(23)29)20-7-5-6-14-33(20)26(37)38-27(2,3)4/h8-13,15,20H,5-7,14,29H2,1-4H3,(H,30,31,36)/t20-/m0/s1. The van der Waals surface area contributed by atoms with Crippen LogP contribution in [-0.4, -0.2) is 49.5 Å². The van der Waals surface area contributed by atoms with Crippen molar-refractivity contribution in [2.75, 3.05) is 17.7 Å². The van der Waals surface area contributed by atoms with Crippen molar-refractivity contribution in [1.82, 2.24) is 19.5 Å². The second-order valence-electron chi connectivity index (χ2n) is 10.2. The van der Waals surface area contributed by atoms with Crippen LogP contribution in [0.5, 0.6) is 0 Å². The molecule has 0 unspecified atom stereocenters. The first-order valence-corrected chi connectivity index (χ1v) is 12.4. The predicted octanol–water partition coefficient (Wildman–Crippen LogP) is 4.72. The van der Waals surface area contributed by atoms with Gasteiger partial charge in [0.1, 0.15) is 28.6 Å². The number of halogens is 1. The Morgan fingerprint density at radius 1 is 1.13 bits per heavy atom. The maximum absolute atomic E-state index is 13.4. The number of carbonyl (C=O) groups excluding carboxylic acids is 3. The Balaban J connectivity index is 1.64. The number of benzene rings is 1. The summed E-state index contributed by atoms with van der Waals surface area (Å²) in [6, 6.07) is 8.28. The third-order valence-electron chi connectivity index (χ3n) is 6.08. The van der Waals surface area contributed by atoms with E-state index in [1.165, 1.54) is 23.9 Å². The van der Waals surface area contributed by atoms with Crippen molar-refractivity contribution in [2.45, 2.75) is 58.6 Å². The topological polar surface area (TPSA) is 132 Å². The quantitative estimate of drug-likeness (QED) is 0.366. The lowest BCUT2D eigenvalue weighted by Crippen LogP contribution is -2.43. The Labute approximate surface area is 220 Å². The van der Waals surface area contributed by atoms with Gasteiger partial charge in [-0.3, -0.25) is 14.5 Å². The van der Waals surface area contributed by atoms with Gasteiger partial charge in [0.05, 0.1) is 6.04 Å². The van der Waals surface area contributed by atoms with Crippen molar-refractivity contribution in [3.8, 4) is 11.3 Å². The van der Waals surface area contributed by atoms with Crippen molar-refractivity contribution in [1.29, 1.82) is 0 Å². The molecule has 38 heavy (non-hydrogen) atoms. The van der Waals surface area contributed by atoms with E-state index in [0.29, 0.717) is 35.6 Å². The molecular formula is C27H31FN6O4. The molecule has 1 aliphatic heterocycles. The molecule has 1 aliphatic rings. The van der Waals surface area contributed by atoms with Crippen LogP contribution in [0.3, 0.4) is 0 Å². The molecule has 10 nitrogen and oxygen atoms in total. The van der Waals surface area contributed by atoms with Crippen molar-refractivity contribution >= 4 is 23.6 Å². The van der Waals surface area contributed by atoms with Gasteiger partial charge in [-0.05, 0) is 58.2 Å². The summed E-state index contributed by atoms with van der Waals surface area (Å²) in [7, 11) is 0.